The second kappa shape index (κ2) is 8.84. The zero-order valence-corrected chi connectivity index (χ0v) is 17.1. The second-order valence-corrected chi connectivity index (χ2v) is 7.52. The monoisotopic (exact) mass is 420 g/mol. The fourth-order valence-corrected chi connectivity index (χ4v) is 3.82. The van der Waals surface area contributed by atoms with Gasteiger partial charge in [-0.1, -0.05) is 30.3 Å². The van der Waals surface area contributed by atoms with E-state index in [4.69, 9.17) is 9.15 Å². The first-order chi connectivity index (χ1) is 14.7. The number of benzene rings is 2. The molecule has 0 aliphatic heterocycles. The van der Waals surface area contributed by atoms with Crippen LogP contribution < -0.4 is 15.4 Å². The number of hydrogen-bond acceptors (Lipinski definition) is 5. The summed E-state index contributed by atoms with van der Waals surface area (Å²) in [7, 11) is 0. The Morgan fingerprint density at radius 3 is 2.60 bits per heavy atom. The molecular weight excluding hydrogens is 400 g/mol. The van der Waals surface area contributed by atoms with Gasteiger partial charge in [0.25, 0.3) is 5.91 Å². The van der Waals surface area contributed by atoms with Gasteiger partial charge in [-0.15, -0.1) is 11.3 Å². The van der Waals surface area contributed by atoms with Gasteiger partial charge < -0.3 is 19.8 Å². The quantitative estimate of drug-likeness (QED) is 0.424. The third-order valence-corrected chi connectivity index (χ3v) is 5.29. The number of thiophene rings is 1. The number of fused-ring (bicyclic) bond motifs is 1. The van der Waals surface area contributed by atoms with Crippen molar-refractivity contribution in [2.75, 3.05) is 17.2 Å². The number of nitrogens with one attached hydrogen (secondary N) is 2. The number of anilines is 2. The average Bonchev–Trinajstić information content (AvgIpc) is 3.38. The molecule has 4 rings (SSSR count). The fourth-order valence-electron chi connectivity index (χ4n) is 3.11. The molecule has 2 amide bonds. The van der Waals surface area contributed by atoms with Crippen molar-refractivity contribution in [3.8, 4) is 5.75 Å². The van der Waals surface area contributed by atoms with Crippen molar-refractivity contribution in [2.45, 2.75) is 13.3 Å². The molecule has 0 unspecified atom stereocenters. The van der Waals surface area contributed by atoms with E-state index in [0.717, 1.165) is 4.88 Å². The maximum Gasteiger partial charge on any atom is 0.293 e. The summed E-state index contributed by atoms with van der Waals surface area (Å²) >= 11 is 1.51. The van der Waals surface area contributed by atoms with E-state index in [2.05, 4.69) is 10.6 Å². The van der Waals surface area contributed by atoms with Crippen molar-refractivity contribution >= 4 is 45.5 Å². The van der Waals surface area contributed by atoms with Crippen molar-refractivity contribution in [2.24, 2.45) is 0 Å². The SMILES string of the molecule is CCOc1ccccc1NC(=O)c1oc2ccccc2c1NC(=O)Cc1cccs1. The van der Waals surface area contributed by atoms with Crippen LogP contribution >= 0.6 is 11.3 Å². The third kappa shape index (κ3) is 4.21. The van der Waals surface area contributed by atoms with Gasteiger partial charge in [0.15, 0.2) is 0 Å². The van der Waals surface area contributed by atoms with Crippen molar-refractivity contribution < 1.29 is 18.7 Å². The lowest BCUT2D eigenvalue weighted by Gasteiger charge is -2.11. The van der Waals surface area contributed by atoms with Crippen molar-refractivity contribution in [3.05, 3.63) is 76.7 Å². The number of ether oxygens (including phenoxy) is 1. The van der Waals surface area contributed by atoms with Gasteiger partial charge in [-0.3, -0.25) is 9.59 Å². The molecular formula is C23H20N2O4S. The van der Waals surface area contributed by atoms with Crippen molar-refractivity contribution in [1.82, 2.24) is 0 Å². The van der Waals surface area contributed by atoms with Crippen LogP contribution in [0.3, 0.4) is 0 Å². The van der Waals surface area contributed by atoms with Crippen molar-refractivity contribution in [3.63, 3.8) is 0 Å². The number of rotatable bonds is 7. The van der Waals surface area contributed by atoms with Crippen LogP contribution in [0.5, 0.6) is 5.75 Å². The van der Waals surface area contributed by atoms with Crippen LogP contribution in [0.4, 0.5) is 11.4 Å². The Kier molecular flexibility index (Phi) is 5.81. The first kappa shape index (κ1) is 19.7. The van der Waals surface area contributed by atoms with Gasteiger partial charge in [-0.05, 0) is 42.6 Å². The van der Waals surface area contributed by atoms with E-state index < -0.39 is 5.91 Å². The lowest BCUT2D eigenvalue weighted by Crippen LogP contribution is -2.18. The summed E-state index contributed by atoms with van der Waals surface area (Å²) in [6.07, 6.45) is 0.228. The van der Waals surface area contributed by atoms with Gasteiger partial charge in [-0.25, -0.2) is 0 Å². The molecule has 2 heterocycles. The number of carbonyl (C=O) groups excluding carboxylic acids is 2. The summed E-state index contributed by atoms with van der Waals surface area (Å²) in [4.78, 5) is 26.6. The zero-order valence-electron chi connectivity index (χ0n) is 16.3. The van der Waals surface area contributed by atoms with Crippen molar-refractivity contribution in [1.29, 1.82) is 0 Å². The normalized spacial score (nSPS) is 10.7. The van der Waals surface area contributed by atoms with Crippen LogP contribution in [0.15, 0.2) is 70.5 Å². The number of furan rings is 1. The smallest absolute Gasteiger partial charge is 0.293 e. The lowest BCUT2D eigenvalue weighted by atomic mass is 10.2. The Morgan fingerprint density at radius 2 is 1.80 bits per heavy atom. The Morgan fingerprint density at radius 1 is 1.00 bits per heavy atom. The molecule has 0 saturated heterocycles. The van der Waals surface area contributed by atoms with E-state index in [1.807, 2.05) is 48.7 Å². The van der Waals surface area contributed by atoms with Crippen LogP contribution in [0.1, 0.15) is 22.4 Å². The van der Waals surface area contributed by atoms with Gasteiger partial charge in [-0.2, -0.15) is 0 Å². The largest absolute Gasteiger partial charge is 0.492 e. The maximum absolute atomic E-state index is 13.0. The van der Waals surface area contributed by atoms with E-state index in [0.29, 0.717) is 34.7 Å². The molecule has 0 saturated carbocycles. The Labute approximate surface area is 177 Å². The molecule has 0 radical (unpaired) electrons. The van der Waals surface area contributed by atoms with Gasteiger partial charge in [0.05, 0.1) is 18.7 Å². The molecule has 0 bridgehead atoms. The molecule has 0 fully saturated rings. The minimum Gasteiger partial charge on any atom is -0.492 e. The van der Waals surface area contributed by atoms with E-state index in [9.17, 15) is 9.59 Å². The highest BCUT2D eigenvalue weighted by molar-refractivity contribution is 7.10. The number of para-hydroxylation sites is 3. The van der Waals surface area contributed by atoms with Gasteiger partial charge in [0.2, 0.25) is 11.7 Å². The summed E-state index contributed by atoms with van der Waals surface area (Å²) in [5, 5.41) is 8.27. The van der Waals surface area contributed by atoms with Gasteiger partial charge >= 0.3 is 0 Å². The Bertz CT molecular complexity index is 1180. The van der Waals surface area contributed by atoms with Crippen LogP contribution in [0.25, 0.3) is 11.0 Å². The predicted octanol–water partition coefficient (Wildman–Crippen LogP) is 5.33. The summed E-state index contributed by atoms with van der Waals surface area (Å²) in [6, 6.07) is 18.2. The molecule has 0 aliphatic carbocycles. The fraction of sp³-hybridized carbons (Fsp3) is 0.130. The molecule has 0 atom stereocenters. The summed E-state index contributed by atoms with van der Waals surface area (Å²) in [5.41, 5.74) is 1.41. The molecule has 0 spiro atoms. The molecule has 6 nitrogen and oxygen atoms in total. The van der Waals surface area contributed by atoms with E-state index in [1.165, 1.54) is 11.3 Å². The number of amides is 2. The van der Waals surface area contributed by atoms with Crippen LogP contribution in [0.2, 0.25) is 0 Å². The van der Waals surface area contributed by atoms with E-state index >= 15 is 0 Å². The first-order valence-corrected chi connectivity index (χ1v) is 10.4. The second-order valence-electron chi connectivity index (χ2n) is 6.49. The highest BCUT2D eigenvalue weighted by Gasteiger charge is 2.23. The molecule has 4 aromatic rings. The average molecular weight is 420 g/mol. The minimum atomic E-state index is -0.468. The third-order valence-electron chi connectivity index (χ3n) is 4.42. The molecule has 0 aliphatic rings. The molecule has 2 aromatic carbocycles. The zero-order chi connectivity index (χ0) is 20.9. The Balaban J connectivity index is 1.64. The molecule has 2 aromatic heterocycles. The van der Waals surface area contributed by atoms with Crippen LogP contribution in [-0.2, 0) is 11.2 Å². The molecule has 7 heteroatoms. The summed E-state index contributed by atoms with van der Waals surface area (Å²) < 4.78 is 11.4. The standard InChI is InChI=1S/C23H20N2O4S/c1-2-28-19-12-6-4-10-17(19)24-23(27)22-21(16-9-3-5-11-18(16)29-22)25-20(26)14-15-8-7-13-30-15/h3-13H,2,14H2,1H3,(H,24,27)(H,25,26). The van der Waals surface area contributed by atoms with Gasteiger partial charge in [0, 0.05) is 10.3 Å². The minimum absolute atomic E-state index is 0.0435. The van der Waals surface area contributed by atoms with E-state index in [1.54, 1.807) is 24.3 Å². The van der Waals surface area contributed by atoms with Crippen LogP contribution in [0, 0.1) is 0 Å². The Hall–Kier alpha value is -3.58. The molecule has 2 N–H and O–H groups in total. The first-order valence-electron chi connectivity index (χ1n) is 9.52. The number of carbonyl (C=O) groups is 2. The summed E-state index contributed by atoms with van der Waals surface area (Å²) in [6.45, 7) is 2.35. The number of hydrogen-bond donors (Lipinski definition) is 2. The highest BCUT2D eigenvalue weighted by atomic mass is 32.1. The molecule has 30 heavy (non-hydrogen) atoms. The topological polar surface area (TPSA) is 80.6 Å². The highest BCUT2D eigenvalue weighted by Crippen LogP contribution is 2.33. The predicted molar refractivity (Wildman–Crippen MR) is 118 cm³/mol. The lowest BCUT2D eigenvalue weighted by molar-refractivity contribution is -0.115. The summed E-state index contributed by atoms with van der Waals surface area (Å²) in [5.74, 6) is -0.0766. The van der Waals surface area contributed by atoms with E-state index in [-0.39, 0.29) is 18.1 Å². The van der Waals surface area contributed by atoms with Crippen LogP contribution in [-0.4, -0.2) is 18.4 Å². The van der Waals surface area contributed by atoms with Gasteiger partial charge in [0.1, 0.15) is 17.0 Å². The maximum atomic E-state index is 13.0. The molecule has 152 valence electrons.